The number of hydrogen-bond donors (Lipinski definition) is 0. The number of carbonyl (C=O) groups is 1. The van der Waals surface area contributed by atoms with Crippen LogP contribution in [0.1, 0.15) is 37.0 Å². The lowest BCUT2D eigenvalue weighted by Crippen LogP contribution is -2.47. The highest BCUT2D eigenvalue weighted by Gasteiger charge is 2.27. The van der Waals surface area contributed by atoms with E-state index in [-0.39, 0.29) is 17.1 Å². The van der Waals surface area contributed by atoms with Gasteiger partial charge in [-0.05, 0) is 32.8 Å². The van der Waals surface area contributed by atoms with Gasteiger partial charge in [0.1, 0.15) is 5.15 Å². The van der Waals surface area contributed by atoms with E-state index in [1.807, 2.05) is 7.05 Å². The molecule has 0 atom stereocenters. The molecule has 0 radical (unpaired) electrons. The van der Waals surface area contributed by atoms with Gasteiger partial charge in [0.25, 0.3) is 5.91 Å². The third-order valence-electron chi connectivity index (χ3n) is 4.15. The first-order valence-electron chi connectivity index (χ1n) is 7.22. The van der Waals surface area contributed by atoms with Crippen LogP contribution in [-0.2, 0) is 0 Å². The summed E-state index contributed by atoms with van der Waals surface area (Å²) >= 11 is 11.9. The Balaban J connectivity index is 2.05. The molecule has 1 fully saturated rings. The summed E-state index contributed by atoms with van der Waals surface area (Å²) in [6.07, 6.45) is 3.39. The lowest BCUT2D eigenvalue weighted by Gasteiger charge is -2.38. The van der Waals surface area contributed by atoms with Gasteiger partial charge in [-0.1, -0.05) is 23.2 Å². The van der Waals surface area contributed by atoms with Gasteiger partial charge < -0.3 is 9.80 Å². The number of piperidine rings is 1. The Morgan fingerprint density at radius 3 is 2.57 bits per heavy atom. The van der Waals surface area contributed by atoms with Gasteiger partial charge in [0.05, 0.1) is 10.6 Å². The molecule has 0 spiro atoms. The van der Waals surface area contributed by atoms with Gasteiger partial charge >= 0.3 is 0 Å². The molecule has 2 rings (SSSR count). The maximum atomic E-state index is 12.6. The van der Waals surface area contributed by atoms with E-state index in [0.29, 0.717) is 16.6 Å². The molecule has 0 bridgehead atoms. The molecule has 1 saturated heterocycles. The van der Waals surface area contributed by atoms with E-state index in [4.69, 9.17) is 23.2 Å². The molecule has 1 aliphatic heterocycles. The van der Waals surface area contributed by atoms with Crippen LogP contribution in [-0.4, -0.2) is 52.9 Å². The number of aromatic nitrogens is 1. The second-order valence-corrected chi connectivity index (χ2v) is 6.56. The van der Waals surface area contributed by atoms with Crippen molar-refractivity contribution in [1.29, 1.82) is 0 Å². The Morgan fingerprint density at radius 1 is 1.38 bits per heavy atom. The highest BCUT2D eigenvalue weighted by molar-refractivity contribution is 6.35. The molecule has 0 aliphatic carbocycles. The minimum atomic E-state index is -0.0905. The van der Waals surface area contributed by atoms with Crippen LogP contribution in [0.4, 0.5) is 0 Å². The molecule has 6 heteroatoms. The Morgan fingerprint density at radius 2 is 2.00 bits per heavy atom. The van der Waals surface area contributed by atoms with Crippen molar-refractivity contribution in [3.63, 3.8) is 0 Å². The summed E-state index contributed by atoms with van der Waals surface area (Å²) in [6, 6.07) is 2.34. The van der Waals surface area contributed by atoms with E-state index in [0.717, 1.165) is 25.9 Å². The van der Waals surface area contributed by atoms with E-state index < -0.39 is 0 Å². The molecule has 0 aromatic carbocycles. The molecule has 0 saturated carbocycles. The van der Waals surface area contributed by atoms with Crippen molar-refractivity contribution in [3.05, 3.63) is 28.0 Å². The zero-order valence-corrected chi connectivity index (χ0v) is 14.2. The van der Waals surface area contributed by atoms with Crippen molar-refractivity contribution in [2.45, 2.75) is 38.8 Å². The largest absolute Gasteiger partial charge is 0.339 e. The van der Waals surface area contributed by atoms with E-state index >= 15 is 0 Å². The smallest absolute Gasteiger partial charge is 0.255 e. The van der Waals surface area contributed by atoms with Crippen LogP contribution in [0.3, 0.4) is 0 Å². The third kappa shape index (κ3) is 3.87. The number of pyridine rings is 1. The molecule has 21 heavy (non-hydrogen) atoms. The number of halogens is 2. The lowest BCUT2D eigenvalue weighted by molar-refractivity contribution is 0.0615. The maximum absolute atomic E-state index is 12.6. The SMILES string of the molecule is CC(C)N1CCC(N(C)C(=O)c2cc(Cl)ncc2Cl)CC1. The van der Waals surface area contributed by atoms with E-state index in [2.05, 4.69) is 23.7 Å². The Kier molecular flexibility index (Phi) is 5.47. The monoisotopic (exact) mass is 329 g/mol. The minimum Gasteiger partial charge on any atom is -0.339 e. The fraction of sp³-hybridized carbons (Fsp3) is 0.600. The van der Waals surface area contributed by atoms with Crippen LogP contribution < -0.4 is 0 Å². The molecular weight excluding hydrogens is 309 g/mol. The fourth-order valence-corrected chi connectivity index (χ4v) is 3.06. The first kappa shape index (κ1) is 16.5. The van der Waals surface area contributed by atoms with Gasteiger partial charge in [-0.3, -0.25) is 4.79 Å². The highest BCUT2D eigenvalue weighted by Crippen LogP contribution is 2.23. The van der Waals surface area contributed by atoms with Crippen molar-refractivity contribution in [2.24, 2.45) is 0 Å². The Hall–Kier alpha value is -0.840. The zero-order chi connectivity index (χ0) is 15.6. The average molecular weight is 330 g/mol. The lowest BCUT2D eigenvalue weighted by atomic mass is 10.0. The summed E-state index contributed by atoms with van der Waals surface area (Å²) in [7, 11) is 1.84. The van der Waals surface area contributed by atoms with Gasteiger partial charge in [-0.15, -0.1) is 0 Å². The van der Waals surface area contributed by atoms with Crippen LogP contribution in [0, 0.1) is 0 Å². The van der Waals surface area contributed by atoms with Crippen molar-refractivity contribution < 1.29 is 4.79 Å². The van der Waals surface area contributed by atoms with Crippen LogP contribution in [0.25, 0.3) is 0 Å². The summed E-state index contributed by atoms with van der Waals surface area (Å²) in [5, 5.41) is 0.627. The highest BCUT2D eigenvalue weighted by atomic mass is 35.5. The predicted octanol–water partition coefficient (Wildman–Crippen LogP) is 3.33. The minimum absolute atomic E-state index is 0.0905. The van der Waals surface area contributed by atoms with Gasteiger partial charge in [0.2, 0.25) is 0 Å². The number of rotatable bonds is 3. The molecule has 116 valence electrons. The summed E-state index contributed by atoms with van der Waals surface area (Å²) < 4.78 is 0. The first-order valence-corrected chi connectivity index (χ1v) is 7.98. The van der Waals surface area contributed by atoms with E-state index in [9.17, 15) is 4.79 Å². The molecule has 4 nitrogen and oxygen atoms in total. The normalized spacial score (nSPS) is 17.2. The van der Waals surface area contributed by atoms with Gasteiger partial charge in [0.15, 0.2) is 0 Å². The van der Waals surface area contributed by atoms with Gasteiger partial charge in [0, 0.05) is 38.4 Å². The van der Waals surface area contributed by atoms with Crippen LogP contribution in [0.5, 0.6) is 0 Å². The summed E-state index contributed by atoms with van der Waals surface area (Å²) in [4.78, 5) is 20.7. The second kappa shape index (κ2) is 6.95. The van der Waals surface area contributed by atoms with Crippen molar-refractivity contribution in [3.8, 4) is 0 Å². The first-order chi connectivity index (χ1) is 9.90. The van der Waals surface area contributed by atoms with E-state index in [1.165, 1.54) is 12.3 Å². The second-order valence-electron chi connectivity index (χ2n) is 5.76. The van der Waals surface area contributed by atoms with Gasteiger partial charge in [-0.25, -0.2) is 4.98 Å². The van der Waals surface area contributed by atoms with Crippen molar-refractivity contribution in [1.82, 2.24) is 14.8 Å². The molecule has 1 aromatic rings. The third-order valence-corrected chi connectivity index (χ3v) is 4.66. The molecule has 1 amide bonds. The van der Waals surface area contributed by atoms with E-state index in [1.54, 1.807) is 4.90 Å². The molecule has 1 aromatic heterocycles. The summed E-state index contributed by atoms with van der Waals surface area (Å²) in [5.74, 6) is -0.0905. The number of carbonyl (C=O) groups excluding carboxylic acids is 1. The van der Waals surface area contributed by atoms with Crippen molar-refractivity contribution >= 4 is 29.1 Å². The number of nitrogens with zero attached hydrogens (tertiary/aromatic N) is 3. The molecular formula is C15H21Cl2N3O. The van der Waals surface area contributed by atoms with Crippen LogP contribution >= 0.6 is 23.2 Å². The van der Waals surface area contributed by atoms with Crippen LogP contribution in [0.2, 0.25) is 10.2 Å². The maximum Gasteiger partial charge on any atom is 0.255 e. The zero-order valence-electron chi connectivity index (χ0n) is 12.6. The Bertz CT molecular complexity index is 514. The molecule has 2 heterocycles. The molecule has 1 aliphatic rings. The summed E-state index contributed by atoms with van der Waals surface area (Å²) in [5.41, 5.74) is 0.422. The molecule has 0 unspecified atom stereocenters. The predicted molar refractivity (Wildman–Crippen MR) is 86.1 cm³/mol. The van der Waals surface area contributed by atoms with Crippen molar-refractivity contribution in [2.75, 3.05) is 20.1 Å². The number of likely N-dealkylation sites (tertiary alicyclic amines) is 1. The molecule has 0 N–H and O–H groups in total. The average Bonchev–Trinajstić information content (AvgIpc) is 2.48. The fourth-order valence-electron chi connectivity index (χ4n) is 2.72. The Labute approximate surface area is 136 Å². The topological polar surface area (TPSA) is 36.4 Å². The number of hydrogen-bond acceptors (Lipinski definition) is 3. The van der Waals surface area contributed by atoms with Gasteiger partial charge in [-0.2, -0.15) is 0 Å². The quantitative estimate of drug-likeness (QED) is 0.798. The summed E-state index contributed by atoms with van der Waals surface area (Å²) in [6.45, 7) is 6.44. The number of amides is 1. The van der Waals surface area contributed by atoms with Crippen LogP contribution in [0.15, 0.2) is 12.3 Å². The standard InChI is InChI=1S/C15H21Cl2N3O/c1-10(2)20-6-4-11(5-7-20)19(3)15(21)12-8-14(17)18-9-13(12)16/h8-11H,4-7H2,1-3H3.